The van der Waals surface area contributed by atoms with Crippen LogP contribution < -0.4 is 0 Å². The van der Waals surface area contributed by atoms with Gasteiger partial charge in [0, 0.05) is 6.42 Å². The molecule has 0 amide bonds. The summed E-state index contributed by atoms with van der Waals surface area (Å²) in [4.78, 5) is 11.3. The van der Waals surface area contributed by atoms with Crippen molar-refractivity contribution in [2.24, 2.45) is 11.3 Å². The summed E-state index contributed by atoms with van der Waals surface area (Å²) in [6.07, 6.45) is 5.93. The van der Waals surface area contributed by atoms with Crippen molar-refractivity contribution in [3.8, 4) is 0 Å². The number of carbonyl (C=O) groups excluding carboxylic acids is 1. The minimum Gasteiger partial charge on any atom is -0.466 e. The fraction of sp³-hybridized carbons (Fsp3) is 0.933. The van der Waals surface area contributed by atoms with Gasteiger partial charge >= 0.3 is 5.97 Å². The lowest BCUT2D eigenvalue weighted by molar-refractivity contribution is -0.143. The zero-order valence-electron chi connectivity index (χ0n) is 12.3. The van der Waals surface area contributed by atoms with Crippen LogP contribution in [-0.2, 0) is 9.53 Å². The van der Waals surface area contributed by atoms with Gasteiger partial charge in [-0.2, -0.15) is 0 Å². The standard InChI is InChI=1S/C15H30O2/c1-6-7-12-17-14(16)11-9-8-10-13(2)15(3,4)5/h13H,6-12H2,1-5H3. The Morgan fingerprint density at radius 1 is 1.18 bits per heavy atom. The Morgan fingerprint density at radius 3 is 2.35 bits per heavy atom. The van der Waals surface area contributed by atoms with Gasteiger partial charge in [0.2, 0.25) is 0 Å². The van der Waals surface area contributed by atoms with Gasteiger partial charge in [-0.15, -0.1) is 0 Å². The van der Waals surface area contributed by atoms with Crippen LogP contribution in [0.4, 0.5) is 0 Å². The van der Waals surface area contributed by atoms with E-state index in [1.54, 1.807) is 0 Å². The zero-order valence-corrected chi connectivity index (χ0v) is 12.3. The fourth-order valence-corrected chi connectivity index (χ4v) is 1.56. The van der Waals surface area contributed by atoms with Gasteiger partial charge in [-0.1, -0.05) is 53.9 Å². The maximum absolute atomic E-state index is 11.3. The molecule has 0 rings (SSSR count). The second kappa shape index (κ2) is 8.54. The van der Waals surface area contributed by atoms with Gasteiger partial charge in [0.1, 0.15) is 0 Å². The number of hydrogen-bond donors (Lipinski definition) is 0. The average Bonchev–Trinajstić information content (AvgIpc) is 2.23. The smallest absolute Gasteiger partial charge is 0.305 e. The topological polar surface area (TPSA) is 26.3 Å². The molecule has 0 radical (unpaired) electrons. The van der Waals surface area contributed by atoms with Crippen molar-refractivity contribution in [3.05, 3.63) is 0 Å². The lowest BCUT2D eigenvalue weighted by Gasteiger charge is -2.27. The van der Waals surface area contributed by atoms with E-state index in [1.807, 2.05) is 0 Å². The Balaban J connectivity index is 3.48. The van der Waals surface area contributed by atoms with E-state index in [0.29, 0.717) is 24.4 Å². The number of unbranched alkanes of at least 4 members (excludes halogenated alkanes) is 2. The van der Waals surface area contributed by atoms with Crippen molar-refractivity contribution in [2.45, 2.75) is 73.1 Å². The summed E-state index contributed by atoms with van der Waals surface area (Å²) in [5.74, 6) is 0.681. The van der Waals surface area contributed by atoms with Gasteiger partial charge in [0.05, 0.1) is 6.61 Å². The maximum Gasteiger partial charge on any atom is 0.305 e. The number of esters is 1. The number of hydrogen-bond acceptors (Lipinski definition) is 2. The third-order valence-electron chi connectivity index (χ3n) is 3.51. The highest BCUT2D eigenvalue weighted by Crippen LogP contribution is 2.29. The van der Waals surface area contributed by atoms with Crippen LogP contribution in [0, 0.1) is 11.3 Å². The van der Waals surface area contributed by atoms with Crippen molar-refractivity contribution in [3.63, 3.8) is 0 Å². The molecule has 1 atom stereocenters. The molecule has 1 unspecified atom stereocenters. The lowest BCUT2D eigenvalue weighted by atomic mass is 9.79. The second-order valence-corrected chi connectivity index (χ2v) is 6.09. The van der Waals surface area contributed by atoms with E-state index in [1.165, 1.54) is 6.42 Å². The molecule has 0 aliphatic carbocycles. The highest BCUT2D eigenvalue weighted by molar-refractivity contribution is 5.69. The fourth-order valence-electron chi connectivity index (χ4n) is 1.56. The molecular formula is C15H30O2. The molecule has 102 valence electrons. The summed E-state index contributed by atoms with van der Waals surface area (Å²) >= 11 is 0. The first-order chi connectivity index (χ1) is 7.88. The Morgan fingerprint density at radius 2 is 1.82 bits per heavy atom. The van der Waals surface area contributed by atoms with Gasteiger partial charge in [-0.3, -0.25) is 4.79 Å². The van der Waals surface area contributed by atoms with Crippen molar-refractivity contribution in [1.82, 2.24) is 0 Å². The Labute approximate surface area is 107 Å². The monoisotopic (exact) mass is 242 g/mol. The van der Waals surface area contributed by atoms with Crippen molar-refractivity contribution in [1.29, 1.82) is 0 Å². The molecule has 17 heavy (non-hydrogen) atoms. The van der Waals surface area contributed by atoms with Crippen molar-refractivity contribution >= 4 is 5.97 Å². The van der Waals surface area contributed by atoms with Crippen LogP contribution >= 0.6 is 0 Å². The maximum atomic E-state index is 11.3. The summed E-state index contributed by atoms with van der Waals surface area (Å²) < 4.78 is 5.12. The molecule has 0 N–H and O–H groups in total. The minimum absolute atomic E-state index is 0.0261. The molecule has 0 spiro atoms. The SMILES string of the molecule is CCCCOC(=O)CCCCC(C)C(C)(C)C. The molecule has 0 saturated carbocycles. The lowest BCUT2D eigenvalue weighted by Crippen LogP contribution is -2.17. The number of ether oxygens (including phenoxy) is 1. The summed E-state index contributed by atoms with van der Waals surface area (Å²) in [6, 6.07) is 0. The van der Waals surface area contributed by atoms with E-state index in [4.69, 9.17) is 4.74 Å². The van der Waals surface area contributed by atoms with Crippen molar-refractivity contribution < 1.29 is 9.53 Å². The zero-order chi connectivity index (χ0) is 13.3. The summed E-state index contributed by atoms with van der Waals surface area (Å²) in [6.45, 7) is 11.8. The van der Waals surface area contributed by atoms with E-state index in [9.17, 15) is 4.79 Å². The third-order valence-corrected chi connectivity index (χ3v) is 3.51. The van der Waals surface area contributed by atoms with Crippen LogP contribution in [0.3, 0.4) is 0 Å². The van der Waals surface area contributed by atoms with E-state index in [0.717, 1.165) is 25.7 Å². The highest BCUT2D eigenvalue weighted by Gasteiger charge is 2.19. The van der Waals surface area contributed by atoms with Gasteiger partial charge in [0.25, 0.3) is 0 Å². The Kier molecular flexibility index (Phi) is 8.28. The predicted octanol–water partition coefficient (Wildman–Crippen LogP) is 4.57. The van der Waals surface area contributed by atoms with E-state index in [-0.39, 0.29) is 5.97 Å². The minimum atomic E-state index is -0.0261. The van der Waals surface area contributed by atoms with E-state index < -0.39 is 0 Å². The molecule has 0 aromatic heterocycles. The molecule has 0 aromatic rings. The van der Waals surface area contributed by atoms with Crippen LogP contribution in [0.2, 0.25) is 0 Å². The number of carbonyl (C=O) groups is 1. The predicted molar refractivity (Wildman–Crippen MR) is 73.0 cm³/mol. The first-order valence-electron chi connectivity index (χ1n) is 7.03. The molecule has 0 aromatic carbocycles. The van der Waals surface area contributed by atoms with Crippen molar-refractivity contribution in [2.75, 3.05) is 6.61 Å². The molecular weight excluding hydrogens is 212 g/mol. The van der Waals surface area contributed by atoms with Gasteiger partial charge in [0.15, 0.2) is 0 Å². The summed E-state index contributed by atoms with van der Waals surface area (Å²) in [5.41, 5.74) is 0.377. The molecule has 0 heterocycles. The Bertz CT molecular complexity index is 203. The van der Waals surface area contributed by atoms with Gasteiger partial charge < -0.3 is 4.74 Å². The summed E-state index contributed by atoms with van der Waals surface area (Å²) in [5, 5.41) is 0. The third kappa shape index (κ3) is 9.20. The largest absolute Gasteiger partial charge is 0.466 e. The van der Waals surface area contributed by atoms with Gasteiger partial charge in [-0.05, 0) is 24.2 Å². The summed E-state index contributed by atoms with van der Waals surface area (Å²) in [7, 11) is 0. The molecule has 0 fully saturated rings. The number of rotatable bonds is 8. The van der Waals surface area contributed by atoms with Crippen LogP contribution in [0.25, 0.3) is 0 Å². The highest BCUT2D eigenvalue weighted by atomic mass is 16.5. The van der Waals surface area contributed by atoms with Gasteiger partial charge in [-0.25, -0.2) is 0 Å². The molecule has 0 aliphatic heterocycles. The molecule has 0 aliphatic rings. The van der Waals surface area contributed by atoms with Crippen LogP contribution in [0.15, 0.2) is 0 Å². The van der Waals surface area contributed by atoms with Crippen LogP contribution in [0.1, 0.15) is 73.1 Å². The van der Waals surface area contributed by atoms with Crippen LogP contribution in [0.5, 0.6) is 0 Å². The molecule has 2 nitrogen and oxygen atoms in total. The first-order valence-corrected chi connectivity index (χ1v) is 7.03. The molecule has 2 heteroatoms. The van der Waals surface area contributed by atoms with E-state index in [2.05, 4.69) is 34.6 Å². The molecule has 0 bridgehead atoms. The van der Waals surface area contributed by atoms with E-state index >= 15 is 0 Å². The quantitative estimate of drug-likeness (QED) is 0.460. The normalized spacial score (nSPS) is 13.5. The first kappa shape index (κ1) is 16.5. The van der Waals surface area contributed by atoms with Crippen LogP contribution in [-0.4, -0.2) is 12.6 Å². The average molecular weight is 242 g/mol. The Hall–Kier alpha value is -0.530. The molecule has 0 saturated heterocycles. The second-order valence-electron chi connectivity index (χ2n) is 6.09.